The minimum atomic E-state index is 1.12. The molecule has 0 saturated heterocycles. The maximum absolute atomic E-state index is 2.48. The van der Waals surface area contributed by atoms with Gasteiger partial charge in [0.15, 0.2) is 0 Å². The molecule has 0 radical (unpaired) electrons. The SMILES string of the molecule is C1=Cc2cc(-c3ccc(N(c4ccc5c6ccccc6c6ccccc6c5c4)c4cc5ccccc5c5ccccc45)cc3)c3c(c2CC1)CCC=C3. The van der Waals surface area contributed by atoms with Crippen molar-refractivity contribution in [2.75, 3.05) is 4.90 Å². The molecule has 0 unspecified atom stereocenters. The molecule has 2 aliphatic carbocycles. The average molecular weight is 676 g/mol. The van der Waals surface area contributed by atoms with Gasteiger partial charge in [0.25, 0.3) is 0 Å². The second-order valence-electron chi connectivity index (χ2n) is 14.6. The fraction of sp³-hybridized carbons (Fsp3) is 0.0769. The Kier molecular flexibility index (Phi) is 6.88. The molecule has 1 heteroatoms. The van der Waals surface area contributed by atoms with Gasteiger partial charge in [0.1, 0.15) is 0 Å². The topological polar surface area (TPSA) is 3.24 Å². The first kappa shape index (κ1) is 30.2. The van der Waals surface area contributed by atoms with Crippen molar-refractivity contribution in [2.45, 2.75) is 25.7 Å². The number of allylic oxidation sites excluding steroid dienone is 2. The molecule has 0 aromatic heterocycles. The first-order valence-corrected chi connectivity index (χ1v) is 19.0. The van der Waals surface area contributed by atoms with Crippen LogP contribution < -0.4 is 4.90 Å². The summed E-state index contributed by atoms with van der Waals surface area (Å²) in [5.41, 5.74) is 12.0. The molecule has 0 N–H and O–H groups in total. The Labute approximate surface area is 309 Å². The van der Waals surface area contributed by atoms with Gasteiger partial charge >= 0.3 is 0 Å². The zero-order valence-corrected chi connectivity index (χ0v) is 29.5. The van der Waals surface area contributed by atoms with Crippen LogP contribution in [0.4, 0.5) is 17.1 Å². The van der Waals surface area contributed by atoms with E-state index in [1.54, 1.807) is 11.1 Å². The summed E-state index contributed by atoms with van der Waals surface area (Å²) in [6.45, 7) is 0. The van der Waals surface area contributed by atoms with E-state index >= 15 is 0 Å². The molecule has 0 bridgehead atoms. The van der Waals surface area contributed by atoms with Gasteiger partial charge in [0, 0.05) is 16.8 Å². The lowest BCUT2D eigenvalue weighted by atomic mass is 9.81. The quantitative estimate of drug-likeness (QED) is 0.168. The second-order valence-corrected chi connectivity index (χ2v) is 14.6. The van der Waals surface area contributed by atoms with Crippen LogP contribution in [-0.4, -0.2) is 0 Å². The Hall–Kier alpha value is -6.44. The zero-order valence-electron chi connectivity index (χ0n) is 29.5. The van der Waals surface area contributed by atoms with Crippen molar-refractivity contribution in [3.05, 3.63) is 186 Å². The van der Waals surface area contributed by atoms with Crippen LogP contribution in [0, 0.1) is 0 Å². The molecular formula is C52H37N. The Morgan fingerprint density at radius 1 is 0.396 bits per heavy atom. The molecule has 0 amide bonds. The molecule has 53 heavy (non-hydrogen) atoms. The van der Waals surface area contributed by atoms with Crippen LogP contribution in [-0.2, 0) is 12.8 Å². The third-order valence-corrected chi connectivity index (χ3v) is 11.7. The summed E-state index contributed by atoms with van der Waals surface area (Å²) in [4.78, 5) is 2.48. The normalized spacial score (nSPS) is 13.6. The number of rotatable bonds is 4. The van der Waals surface area contributed by atoms with Gasteiger partial charge in [-0.2, -0.15) is 0 Å². The summed E-state index contributed by atoms with van der Waals surface area (Å²) in [6, 6.07) is 56.6. The van der Waals surface area contributed by atoms with Crippen LogP contribution in [0.2, 0.25) is 0 Å². The number of hydrogen-bond acceptors (Lipinski definition) is 1. The van der Waals surface area contributed by atoms with E-state index in [1.807, 2.05) is 0 Å². The number of benzene rings is 9. The van der Waals surface area contributed by atoms with E-state index in [0.29, 0.717) is 0 Å². The van der Waals surface area contributed by atoms with Gasteiger partial charge in [-0.15, -0.1) is 0 Å². The lowest BCUT2D eigenvalue weighted by Gasteiger charge is -2.28. The molecule has 2 aliphatic rings. The van der Waals surface area contributed by atoms with E-state index in [4.69, 9.17) is 0 Å². The van der Waals surface area contributed by atoms with Gasteiger partial charge in [-0.3, -0.25) is 0 Å². The van der Waals surface area contributed by atoms with Crippen LogP contribution in [0.5, 0.6) is 0 Å². The van der Waals surface area contributed by atoms with Crippen LogP contribution in [0.1, 0.15) is 35.1 Å². The zero-order chi connectivity index (χ0) is 34.9. The molecule has 1 nitrogen and oxygen atoms in total. The highest BCUT2D eigenvalue weighted by Crippen LogP contribution is 2.45. The minimum absolute atomic E-state index is 1.12. The predicted molar refractivity (Wildman–Crippen MR) is 229 cm³/mol. The van der Waals surface area contributed by atoms with E-state index in [-0.39, 0.29) is 0 Å². The number of anilines is 3. The van der Waals surface area contributed by atoms with E-state index in [2.05, 4.69) is 181 Å². The smallest absolute Gasteiger partial charge is 0.0546 e. The van der Waals surface area contributed by atoms with Crippen LogP contribution in [0.3, 0.4) is 0 Å². The maximum atomic E-state index is 2.48. The Morgan fingerprint density at radius 2 is 0.943 bits per heavy atom. The van der Waals surface area contributed by atoms with Gasteiger partial charge in [0.05, 0.1) is 5.69 Å². The summed E-state index contributed by atoms with van der Waals surface area (Å²) in [6.07, 6.45) is 13.9. The van der Waals surface area contributed by atoms with Gasteiger partial charge < -0.3 is 4.90 Å². The molecule has 11 rings (SSSR count). The molecule has 0 fully saturated rings. The van der Waals surface area contributed by atoms with Crippen molar-refractivity contribution < 1.29 is 0 Å². The Balaban J connectivity index is 1.15. The van der Waals surface area contributed by atoms with Crippen molar-refractivity contribution >= 4 is 83.1 Å². The lowest BCUT2D eigenvalue weighted by molar-refractivity contribution is 0.906. The first-order chi connectivity index (χ1) is 26.3. The second kappa shape index (κ2) is 12.1. The number of nitrogens with zero attached hydrogens (tertiary/aromatic N) is 1. The van der Waals surface area contributed by atoms with Crippen LogP contribution in [0.15, 0.2) is 164 Å². The largest absolute Gasteiger partial charge is 0.310 e. The summed E-state index contributed by atoms with van der Waals surface area (Å²) in [7, 11) is 0. The van der Waals surface area contributed by atoms with Crippen molar-refractivity contribution in [1.82, 2.24) is 0 Å². The average Bonchev–Trinajstić information content (AvgIpc) is 3.24. The summed E-state index contributed by atoms with van der Waals surface area (Å²) in [5, 5.41) is 12.7. The molecule has 0 spiro atoms. The van der Waals surface area contributed by atoms with E-state index < -0.39 is 0 Å². The van der Waals surface area contributed by atoms with Crippen molar-refractivity contribution in [1.29, 1.82) is 0 Å². The van der Waals surface area contributed by atoms with Crippen LogP contribution >= 0.6 is 0 Å². The molecule has 0 saturated carbocycles. The molecule has 0 aliphatic heterocycles. The minimum Gasteiger partial charge on any atom is -0.310 e. The van der Waals surface area contributed by atoms with E-state index in [9.17, 15) is 0 Å². The third kappa shape index (κ3) is 4.77. The maximum Gasteiger partial charge on any atom is 0.0546 e. The fourth-order valence-corrected chi connectivity index (χ4v) is 9.32. The van der Waals surface area contributed by atoms with Gasteiger partial charge in [-0.1, -0.05) is 140 Å². The van der Waals surface area contributed by atoms with Gasteiger partial charge in [0.2, 0.25) is 0 Å². The van der Waals surface area contributed by atoms with Crippen LogP contribution in [0.25, 0.3) is 77.1 Å². The number of fused-ring (bicyclic) bond motifs is 12. The molecule has 0 heterocycles. The summed E-state index contributed by atoms with van der Waals surface area (Å²) < 4.78 is 0. The number of hydrogen-bond donors (Lipinski definition) is 0. The standard InChI is InChI=1S/C52H37N/c1-3-15-39-35(13-1)31-50(46-22-9-5-17-41(39)46)34-25-27-37(28-26-34)53(52-32-36-14-2-4-16-40(36)42-18-11-12-24-49(42)52)38-29-30-48-45-21-7-6-19-43(45)44-20-8-10-23-47(44)51(48)33-38/h1-2,4,6-14,16,18-33H,3,5,15,17H2. The summed E-state index contributed by atoms with van der Waals surface area (Å²) in [5.74, 6) is 0. The highest BCUT2D eigenvalue weighted by molar-refractivity contribution is 6.26. The van der Waals surface area contributed by atoms with Crippen molar-refractivity contribution in [2.24, 2.45) is 0 Å². The summed E-state index contributed by atoms with van der Waals surface area (Å²) >= 11 is 0. The molecule has 0 atom stereocenters. The lowest BCUT2D eigenvalue weighted by Crippen LogP contribution is -2.11. The van der Waals surface area contributed by atoms with Gasteiger partial charge in [-0.05, 0) is 144 Å². The Morgan fingerprint density at radius 3 is 1.66 bits per heavy atom. The van der Waals surface area contributed by atoms with Crippen molar-refractivity contribution in [3.63, 3.8) is 0 Å². The van der Waals surface area contributed by atoms with E-state index in [1.165, 1.54) is 81.8 Å². The first-order valence-electron chi connectivity index (χ1n) is 19.0. The fourth-order valence-electron chi connectivity index (χ4n) is 9.32. The highest BCUT2D eigenvalue weighted by Gasteiger charge is 2.22. The Bertz CT molecular complexity index is 2960. The van der Waals surface area contributed by atoms with E-state index in [0.717, 1.165) is 37.1 Å². The van der Waals surface area contributed by atoms with Crippen molar-refractivity contribution in [3.8, 4) is 11.1 Å². The third-order valence-electron chi connectivity index (χ3n) is 11.7. The molecule has 9 aromatic carbocycles. The monoisotopic (exact) mass is 675 g/mol. The predicted octanol–water partition coefficient (Wildman–Crippen LogP) is 14.5. The van der Waals surface area contributed by atoms with Gasteiger partial charge in [-0.25, -0.2) is 0 Å². The molecule has 250 valence electrons. The highest BCUT2D eigenvalue weighted by atomic mass is 15.1. The molecule has 9 aromatic rings. The molecular weight excluding hydrogens is 639 g/mol.